The summed E-state index contributed by atoms with van der Waals surface area (Å²) < 4.78 is 0.889. The van der Waals surface area contributed by atoms with Gasteiger partial charge in [-0.15, -0.1) is 0 Å². The molecule has 0 saturated heterocycles. The molecule has 0 unspecified atom stereocenters. The van der Waals surface area contributed by atoms with Crippen molar-refractivity contribution in [2.24, 2.45) is 4.99 Å². The molecule has 1 heterocycles. The number of halogens is 2. The first kappa shape index (κ1) is 14.2. The molecule has 5 heteroatoms. The Morgan fingerprint density at radius 3 is 2.78 bits per heavy atom. The molecule has 0 fully saturated rings. The summed E-state index contributed by atoms with van der Waals surface area (Å²) in [6.45, 7) is 4.40. The molecule has 0 aliphatic carbocycles. The Labute approximate surface area is 126 Å². The molecule has 0 radical (unpaired) electrons. The van der Waals surface area contributed by atoms with Crippen LogP contribution in [-0.2, 0) is 0 Å². The highest BCUT2D eigenvalue weighted by Gasteiger charge is 2.32. The smallest absolute Gasteiger partial charge is 0.161 e. The highest BCUT2D eigenvalue weighted by atomic mass is 79.9. The molecular formula is C13H16BrClN2S. The maximum atomic E-state index is 6.08. The van der Waals surface area contributed by atoms with Gasteiger partial charge in [0.2, 0.25) is 0 Å². The molecule has 1 aromatic carbocycles. The van der Waals surface area contributed by atoms with E-state index in [0.29, 0.717) is 5.02 Å². The number of thioether (sulfide) groups is 1. The van der Waals surface area contributed by atoms with Crippen LogP contribution in [0.15, 0.2) is 27.7 Å². The van der Waals surface area contributed by atoms with Crippen LogP contribution in [0.2, 0.25) is 5.02 Å². The standard InChI is InChI=1S/C13H16BrClN2S/c1-3-13(4-2)8-18-12(17-13)16-10-7-5-6-9(15)11(10)14/h5-7H,3-4,8H2,1-2H3,(H,16,17). The van der Waals surface area contributed by atoms with Gasteiger partial charge < -0.3 is 5.32 Å². The van der Waals surface area contributed by atoms with Gasteiger partial charge in [0, 0.05) is 5.75 Å². The van der Waals surface area contributed by atoms with E-state index in [0.717, 1.165) is 33.9 Å². The van der Waals surface area contributed by atoms with Crippen LogP contribution in [0.1, 0.15) is 26.7 Å². The third-order valence-corrected chi connectivity index (χ3v) is 5.87. The largest absolute Gasteiger partial charge is 0.334 e. The van der Waals surface area contributed by atoms with Crippen LogP contribution in [-0.4, -0.2) is 16.5 Å². The van der Waals surface area contributed by atoms with Crippen LogP contribution in [0.5, 0.6) is 0 Å². The lowest BCUT2D eigenvalue weighted by atomic mass is 9.97. The van der Waals surface area contributed by atoms with Gasteiger partial charge in [-0.05, 0) is 40.9 Å². The van der Waals surface area contributed by atoms with Crippen molar-refractivity contribution in [1.29, 1.82) is 0 Å². The predicted octanol–water partition coefficient (Wildman–Crippen LogP) is 5.18. The number of nitrogens with zero attached hydrogens (tertiary/aromatic N) is 1. The van der Waals surface area contributed by atoms with Crippen molar-refractivity contribution in [3.8, 4) is 0 Å². The first-order valence-electron chi connectivity index (χ1n) is 6.04. The topological polar surface area (TPSA) is 24.4 Å². The Bertz CT molecular complexity index is 472. The molecule has 1 aliphatic heterocycles. The number of benzene rings is 1. The molecular weight excluding hydrogens is 332 g/mol. The summed E-state index contributed by atoms with van der Waals surface area (Å²) >= 11 is 11.4. The molecule has 0 bridgehead atoms. The second-order valence-electron chi connectivity index (χ2n) is 4.36. The number of amidine groups is 1. The van der Waals surface area contributed by atoms with E-state index in [9.17, 15) is 0 Å². The molecule has 18 heavy (non-hydrogen) atoms. The quantitative estimate of drug-likeness (QED) is 0.815. The Balaban J connectivity index is 2.18. The third kappa shape index (κ3) is 2.86. The van der Waals surface area contributed by atoms with Crippen LogP contribution in [0, 0.1) is 0 Å². The van der Waals surface area contributed by atoms with E-state index in [1.54, 1.807) is 11.8 Å². The zero-order chi connectivity index (χ0) is 13.2. The van der Waals surface area contributed by atoms with Gasteiger partial charge in [0.1, 0.15) is 0 Å². The second-order valence-corrected chi connectivity index (χ2v) is 6.53. The van der Waals surface area contributed by atoms with Gasteiger partial charge in [0.15, 0.2) is 5.17 Å². The normalized spacial score (nSPS) is 17.7. The fourth-order valence-electron chi connectivity index (χ4n) is 1.87. The SMILES string of the molecule is CCC1(CC)CSC(Nc2cccc(Cl)c2Br)=N1. The van der Waals surface area contributed by atoms with Crippen LogP contribution in [0.3, 0.4) is 0 Å². The summed E-state index contributed by atoms with van der Waals surface area (Å²) in [5, 5.41) is 5.05. The van der Waals surface area contributed by atoms with Crippen molar-refractivity contribution >= 4 is 50.1 Å². The van der Waals surface area contributed by atoms with E-state index in [4.69, 9.17) is 16.6 Å². The van der Waals surface area contributed by atoms with Gasteiger partial charge in [-0.25, -0.2) is 0 Å². The van der Waals surface area contributed by atoms with Crippen LogP contribution < -0.4 is 5.32 Å². The van der Waals surface area contributed by atoms with Gasteiger partial charge in [0.25, 0.3) is 0 Å². The van der Waals surface area contributed by atoms with Gasteiger partial charge >= 0.3 is 0 Å². The lowest BCUT2D eigenvalue weighted by Crippen LogP contribution is -2.24. The maximum Gasteiger partial charge on any atom is 0.161 e. The Morgan fingerprint density at radius 2 is 2.17 bits per heavy atom. The van der Waals surface area contributed by atoms with Crippen molar-refractivity contribution in [2.45, 2.75) is 32.2 Å². The van der Waals surface area contributed by atoms with E-state index < -0.39 is 0 Å². The maximum absolute atomic E-state index is 6.08. The minimum absolute atomic E-state index is 0.109. The molecule has 0 atom stereocenters. The summed E-state index contributed by atoms with van der Waals surface area (Å²) in [7, 11) is 0. The number of anilines is 1. The highest BCUT2D eigenvalue weighted by molar-refractivity contribution is 9.10. The van der Waals surface area contributed by atoms with Gasteiger partial charge in [-0.2, -0.15) is 0 Å². The number of nitrogens with one attached hydrogen (secondary N) is 1. The number of aliphatic imine (C=N–C) groups is 1. The molecule has 0 spiro atoms. The molecule has 1 aliphatic rings. The average Bonchev–Trinajstić information content (AvgIpc) is 2.79. The summed E-state index contributed by atoms with van der Waals surface area (Å²) in [6.07, 6.45) is 2.16. The first-order chi connectivity index (χ1) is 8.60. The zero-order valence-corrected chi connectivity index (χ0v) is 13.6. The number of rotatable bonds is 3. The van der Waals surface area contributed by atoms with Crippen molar-refractivity contribution < 1.29 is 0 Å². The molecule has 0 saturated carbocycles. The molecule has 2 nitrogen and oxygen atoms in total. The first-order valence-corrected chi connectivity index (χ1v) is 8.19. The van der Waals surface area contributed by atoms with Crippen LogP contribution in [0.4, 0.5) is 5.69 Å². The van der Waals surface area contributed by atoms with E-state index in [1.165, 1.54) is 0 Å². The molecule has 98 valence electrons. The Hall–Kier alpha value is -0.190. The van der Waals surface area contributed by atoms with Gasteiger partial charge in [-0.3, -0.25) is 4.99 Å². The van der Waals surface area contributed by atoms with Crippen molar-refractivity contribution in [3.63, 3.8) is 0 Å². The van der Waals surface area contributed by atoms with Crippen molar-refractivity contribution in [2.75, 3.05) is 11.1 Å². The molecule has 0 aromatic heterocycles. The third-order valence-electron chi connectivity index (χ3n) is 3.33. The van der Waals surface area contributed by atoms with Crippen molar-refractivity contribution in [1.82, 2.24) is 0 Å². The van der Waals surface area contributed by atoms with E-state index in [2.05, 4.69) is 35.1 Å². The molecule has 1 N–H and O–H groups in total. The Kier molecular flexibility index (Phi) is 4.62. The number of hydrogen-bond acceptors (Lipinski definition) is 3. The fraction of sp³-hybridized carbons (Fsp3) is 0.462. The molecule has 1 aromatic rings. The monoisotopic (exact) mass is 346 g/mol. The highest BCUT2D eigenvalue weighted by Crippen LogP contribution is 2.36. The van der Waals surface area contributed by atoms with Crippen molar-refractivity contribution in [3.05, 3.63) is 27.7 Å². The van der Waals surface area contributed by atoms with Gasteiger partial charge in [-0.1, -0.05) is 43.3 Å². The zero-order valence-electron chi connectivity index (χ0n) is 10.5. The molecule has 0 amide bonds. The minimum Gasteiger partial charge on any atom is -0.334 e. The van der Waals surface area contributed by atoms with Crippen LogP contribution in [0.25, 0.3) is 0 Å². The predicted molar refractivity (Wildman–Crippen MR) is 86.0 cm³/mol. The van der Waals surface area contributed by atoms with Gasteiger partial charge in [0.05, 0.1) is 20.7 Å². The Morgan fingerprint density at radius 1 is 1.44 bits per heavy atom. The van der Waals surface area contributed by atoms with E-state index in [-0.39, 0.29) is 5.54 Å². The van der Waals surface area contributed by atoms with E-state index >= 15 is 0 Å². The summed E-state index contributed by atoms with van der Waals surface area (Å²) in [4.78, 5) is 4.83. The van der Waals surface area contributed by atoms with E-state index in [1.807, 2.05) is 18.2 Å². The summed E-state index contributed by atoms with van der Waals surface area (Å²) in [5.41, 5.74) is 1.08. The average molecular weight is 348 g/mol. The second kappa shape index (κ2) is 5.85. The lowest BCUT2D eigenvalue weighted by Gasteiger charge is -2.20. The lowest BCUT2D eigenvalue weighted by molar-refractivity contribution is 0.456. The van der Waals surface area contributed by atoms with Crippen LogP contribution >= 0.6 is 39.3 Å². The molecule has 2 rings (SSSR count). The fourth-order valence-corrected chi connectivity index (χ4v) is 3.73. The minimum atomic E-state index is 0.109. The summed E-state index contributed by atoms with van der Waals surface area (Å²) in [5.74, 6) is 1.06. The number of hydrogen-bond donors (Lipinski definition) is 1. The summed E-state index contributed by atoms with van der Waals surface area (Å²) in [6, 6.07) is 5.79.